The Bertz CT molecular complexity index is 265. The highest BCUT2D eigenvalue weighted by atomic mass is 16.5. The van der Waals surface area contributed by atoms with Gasteiger partial charge in [-0.25, -0.2) is 0 Å². The van der Waals surface area contributed by atoms with Gasteiger partial charge in [0.15, 0.2) is 0 Å². The van der Waals surface area contributed by atoms with E-state index in [0.717, 1.165) is 38.5 Å². The smallest absolute Gasteiger partial charge is 0.314 e. The van der Waals surface area contributed by atoms with Gasteiger partial charge in [0.1, 0.15) is 5.60 Å². The predicted octanol–water partition coefficient (Wildman–Crippen LogP) is 0.834. The molecule has 1 saturated carbocycles. The fourth-order valence-corrected chi connectivity index (χ4v) is 3.09. The summed E-state index contributed by atoms with van der Waals surface area (Å²) in [6.07, 6.45) is 5.86. The normalized spacial score (nSPS) is 27.6. The summed E-state index contributed by atoms with van der Waals surface area (Å²) >= 11 is 0. The first-order chi connectivity index (χ1) is 7.65. The first-order valence-corrected chi connectivity index (χ1v) is 6.16. The number of β-amino-alcohol motifs (C(OH)–C–C–N with tert-alkyl or cyclic N) is 1. The lowest BCUT2D eigenvalue weighted by Crippen LogP contribution is -2.70. The second kappa shape index (κ2) is 4.34. The minimum absolute atomic E-state index is 0.224. The lowest BCUT2D eigenvalue weighted by molar-refractivity contribution is -0.184. The summed E-state index contributed by atoms with van der Waals surface area (Å²) in [5, 5.41) is 13.6. The van der Waals surface area contributed by atoms with Crippen molar-refractivity contribution in [1.29, 1.82) is 0 Å². The van der Waals surface area contributed by atoms with Gasteiger partial charge in [-0.05, 0) is 12.8 Å². The van der Waals surface area contributed by atoms with E-state index in [-0.39, 0.29) is 5.97 Å². The highest BCUT2D eigenvalue weighted by Gasteiger charge is 2.58. The molecule has 0 unspecified atom stereocenters. The van der Waals surface area contributed by atoms with Crippen LogP contribution in [0.3, 0.4) is 0 Å². The van der Waals surface area contributed by atoms with Gasteiger partial charge >= 0.3 is 5.97 Å². The molecule has 92 valence electrons. The number of nitrogens with one attached hydrogen (secondary N) is 1. The maximum absolute atomic E-state index is 12.1. The Labute approximate surface area is 96.4 Å². The van der Waals surface area contributed by atoms with E-state index in [1.165, 1.54) is 7.11 Å². The van der Waals surface area contributed by atoms with Crippen molar-refractivity contribution >= 4 is 5.97 Å². The highest BCUT2D eigenvalue weighted by Crippen LogP contribution is 2.46. The van der Waals surface area contributed by atoms with E-state index in [4.69, 9.17) is 4.74 Å². The van der Waals surface area contributed by atoms with Crippen LogP contribution in [0.1, 0.15) is 38.5 Å². The second-order valence-electron chi connectivity index (χ2n) is 5.12. The molecule has 4 nitrogen and oxygen atoms in total. The lowest BCUT2D eigenvalue weighted by Gasteiger charge is -2.50. The molecule has 2 N–H and O–H groups in total. The average molecular weight is 227 g/mol. The largest absolute Gasteiger partial charge is 0.469 e. The first-order valence-electron chi connectivity index (χ1n) is 6.16. The molecular formula is C12H21NO3. The standard InChI is InChI=1S/C12H21NO3/c1-16-10(14)11(12(15)8-13-9-12)6-4-2-3-5-7-11/h13,15H,2-9H2,1H3. The Hall–Kier alpha value is -0.610. The molecule has 0 spiro atoms. The van der Waals surface area contributed by atoms with Crippen LogP contribution >= 0.6 is 0 Å². The van der Waals surface area contributed by atoms with Crippen molar-refractivity contribution < 1.29 is 14.6 Å². The van der Waals surface area contributed by atoms with E-state index < -0.39 is 11.0 Å². The third-order valence-corrected chi connectivity index (χ3v) is 4.26. The summed E-state index contributed by atoms with van der Waals surface area (Å²) in [6.45, 7) is 1.03. The number of hydrogen-bond acceptors (Lipinski definition) is 4. The summed E-state index contributed by atoms with van der Waals surface area (Å²) in [4.78, 5) is 12.1. The topological polar surface area (TPSA) is 58.6 Å². The molecule has 0 aromatic rings. The van der Waals surface area contributed by atoms with Gasteiger partial charge < -0.3 is 15.2 Å². The lowest BCUT2D eigenvalue weighted by atomic mass is 9.64. The van der Waals surface area contributed by atoms with Crippen molar-refractivity contribution in [2.75, 3.05) is 20.2 Å². The van der Waals surface area contributed by atoms with Crippen LogP contribution in [0.15, 0.2) is 0 Å². The Kier molecular flexibility index (Phi) is 3.22. The van der Waals surface area contributed by atoms with Crippen LogP contribution in [-0.2, 0) is 9.53 Å². The second-order valence-corrected chi connectivity index (χ2v) is 5.12. The van der Waals surface area contributed by atoms with Gasteiger partial charge in [0.05, 0.1) is 12.5 Å². The quantitative estimate of drug-likeness (QED) is 0.542. The molecule has 16 heavy (non-hydrogen) atoms. The third kappa shape index (κ3) is 1.64. The van der Waals surface area contributed by atoms with Gasteiger partial charge in [0.25, 0.3) is 0 Å². The molecule has 1 saturated heterocycles. The summed E-state index contributed by atoms with van der Waals surface area (Å²) < 4.78 is 4.94. The van der Waals surface area contributed by atoms with Gasteiger partial charge in [0, 0.05) is 13.1 Å². The molecule has 0 atom stereocenters. The molecule has 0 bridgehead atoms. The maximum Gasteiger partial charge on any atom is 0.314 e. The van der Waals surface area contributed by atoms with Crippen molar-refractivity contribution in [2.45, 2.75) is 44.1 Å². The molecule has 0 radical (unpaired) electrons. The minimum Gasteiger partial charge on any atom is -0.469 e. The van der Waals surface area contributed by atoms with Gasteiger partial charge in [-0.15, -0.1) is 0 Å². The van der Waals surface area contributed by atoms with Crippen molar-refractivity contribution in [3.63, 3.8) is 0 Å². The summed E-state index contributed by atoms with van der Waals surface area (Å²) in [5.74, 6) is -0.224. The maximum atomic E-state index is 12.1. The fourth-order valence-electron chi connectivity index (χ4n) is 3.09. The number of carbonyl (C=O) groups excluding carboxylic acids is 1. The number of hydrogen-bond donors (Lipinski definition) is 2. The van der Waals surface area contributed by atoms with Gasteiger partial charge in [-0.2, -0.15) is 0 Å². The molecule has 1 aliphatic heterocycles. The molecule has 2 aliphatic rings. The third-order valence-electron chi connectivity index (χ3n) is 4.26. The molecule has 2 rings (SSSR count). The van der Waals surface area contributed by atoms with Gasteiger partial charge in [-0.1, -0.05) is 25.7 Å². The van der Waals surface area contributed by atoms with E-state index in [2.05, 4.69) is 5.32 Å². The van der Waals surface area contributed by atoms with Crippen molar-refractivity contribution in [1.82, 2.24) is 5.32 Å². The zero-order valence-corrected chi connectivity index (χ0v) is 9.92. The highest BCUT2D eigenvalue weighted by molar-refractivity contribution is 5.79. The van der Waals surface area contributed by atoms with Crippen LogP contribution in [0.25, 0.3) is 0 Å². The first kappa shape index (κ1) is 11.9. The van der Waals surface area contributed by atoms with Crippen LogP contribution in [0.5, 0.6) is 0 Å². The van der Waals surface area contributed by atoms with Crippen molar-refractivity contribution in [3.05, 3.63) is 0 Å². The Morgan fingerprint density at radius 3 is 2.12 bits per heavy atom. The summed E-state index contributed by atoms with van der Waals surface area (Å²) in [6, 6.07) is 0. The molecule has 0 aromatic heterocycles. The number of carbonyl (C=O) groups is 1. The monoisotopic (exact) mass is 227 g/mol. The summed E-state index contributed by atoms with van der Waals surface area (Å²) in [7, 11) is 1.42. The van der Waals surface area contributed by atoms with E-state index in [9.17, 15) is 9.90 Å². The number of methoxy groups -OCH3 is 1. The van der Waals surface area contributed by atoms with Crippen LogP contribution in [0, 0.1) is 5.41 Å². The fraction of sp³-hybridized carbons (Fsp3) is 0.917. The molecular weight excluding hydrogens is 206 g/mol. The Balaban J connectivity index is 2.26. The average Bonchev–Trinajstić information content (AvgIpc) is 2.51. The van der Waals surface area contributed by atoms with Crippen LogP contribution in [0.4, 0.5) is 0 Å². The molecule has 1 heterocycles. The van der Waals surface area contributed by atoms with Crippen LogP contribution < -0.4 is 5.32 Å². The predicted molar refractivity (Wildman–Crippen MR) is 60.0 cm³/mol. The molecule has 4 heteroatoms. The van der Waals surface area contributed by atoms with E-state index in [0.29, 0.717) is 13.1 Å². The van der Waals surface area contributed by atoms with Gasteiger partial charge in [0.2, 0.25) is 0 Å². The van der Waals surface area contributed by atoms with E-state index in [1.54, 1.807) is 0 Å². The SMILES string of the molecule is COC(=O)C1(C2(O)CNC2)CCCCCC1. The molecule has 0 aromatic carbocycles. The van der Waals surface area contributed by atoms with Crippen LogP contribution in [-0.4, -0.2) is 36.9 Å². The number of ether oxygens (including phenoxy) is 1. The number of aliphatic hydroxyl groups is 1. The Morgan fingerprint density at radius 2 is 1.75 bits per heavy atom. The molecule has 1 aliphatic carbocycles. The Morgan fingerprint density at radius 1 is 1.19 bits per heavy atom. The molecule has 2 fully saturated rings. The number of esters is 1. The van der Waals surface area contributed by atoms with Crippen LogP contribution in [0.2, 0.25) is 0 Å². The zero-order chi connectivity index (χ0) is 11.6. The minimum atomic E-state index is -0.884. The zero-order valence-electron chi connectivity index (χ0n) is 9.92. The number of rotatable bonds is 2. The van der Waals surface area contributed by atoms with Gasteiger partial charge in [-0.3, -0.25) is 4.79 Å². The molecule has 0 amide bonds. The van der Waals surface area contributed by atoms with E-state index in [1.807, 2.05) is 0 Å². The summed E-state index contributed by atoms with van der Waals surface area (Å²) in [5.41, 5.74) is -1.55. The van der Waals surface area contributed by atoms with Crippen molar-refractivity contribution in [2.24, 2.45) is 5.41 Å². The van der Waals surface area contributed by atoms with E-state index >= 15 is 0 Å². The van der Waals surface area contributed by atoms with Crippen molar-refractivity contribution in [3.8, 4) is 0 Å².